The summed E-state index contributed by atoms with van der Waals surface area (Å²) < 4.78 is 5.12. The van der Waals surface area contributed by atoms with E-state index in [0.717, 1.165) is 23.3 Å². The molecule has 1 unspecified atom stereocenters. The van der Waals surface area contributed by atoms with Gasteiger partial charge >= 0.3 is 5.24 Å². The third-order valence-electron chi connectivity index (χ3n) is 5.22. The molecular formula is C24H24N4O4S. The molecule has 33 heavy (non-hydrogen) atoms. The first-order valence-electron chi connectivity index (χ1n) is 10.5. The predicted octanol–water partition coefficient (Wildman–Crippen LogP) is 4.83. The monoisotopic (exact) mass is 464 g/mol. The van der Waals surface area contributed by atoms with Crippen LogP contribution in [0.3, 0.4) is 0 Å². The number of phenolic OH excluding ortho intramolecular Hbond substituents is 1. The van der Waals surface area contributed by atoms with Crippen molar-refractivity contribution in [1.82, 2.24) is 9.99 Å². The predicted molar refractivity (Wildman–Crippen MR) is 129 cm³/mol. The maximum absolute atomic E-state index is 12.7. The van der Waals surface area contributed by atoms with Crippen molar-refractivity contribution >= 4 is 34.3 Å². The number of anilines is 1. The zero-order valence-corrected chi connectivity index (χ0v) is 19.1. The number of nitrogens with one attached hydrogen (secondary N) is 2. The van der Waals surface area contributed by atoms with Crippen molar-refractivity contribution in [1.29, 1.82) is 0 Å². The third-order valence-corrected chi connectivity index (χ3v) is 6.47. The summed E-state index contributed by atoms with van der Waals surface area (Å²) in [4.78, 5) is 27.7. The molecular weight excluding hydrogens is 440 g/mol. The fraction of sp³-hybridized carbons (Fsp3) is 0.208. The van der Waals surface area contributed by atoms with Crippen molar-refractivity contribution in [3.63, 3.8) is 0 Å². The highest BCUT2D eigenvalue weighted by atomic mass is 32.2. The van der Waals surface area contributed by atoms with Gasteiger partial charge in [-0.05, 0) is 54.4 Å². The smallest absolute Gasteiger partial charge is 0.302 e. The van der Waals surface area contributed by atoms with Gasteiger partial charge in [0.1, 0.15) is 5.69 Å². The summed E-state index contributed by atoms with van der Waals surface area (Å²) in [6, 6.07) is 15.9. The molecule has 0 fully saturated rings. The highest BCUT2D eigenvalue weighted by Crippen LogP contribution is 2.33. The number of aromatic amines is 1. The molecule has 0 bridgehead atoms. The Kier molecular flexibility index (Phi) is 6.69. The highest BCUT2D eigenvalue weighted by molar-refractivity contribution is 8.14. The number of H-pyrrole nitrogens is 1. The molecule has 170 valence electrons. The Balaban J connectivity index is 1.51. The van der Waals surface area contributed by atoms with E-state index in [4.69, 9.17) is 4.74 Å². The third kappa shape index (κ3) is 5.04. The van der Waals surface area contributed by atoms with Gasteiger partial charge in [0, 0.05) is 17.4 Å². The van der Waals surface area contributed by atoms with E-state index in [1.54, 1.807) is 42.6 Å². The van der Waals surface area contributed by atoms with Crippen LogP contribution in [0.1, 0.15) is 35.0 Å². The number of methoxy groups -OCH3 is 1. The van der Waals surface area contributed by atoms with E-state index in [-0.39, 0.29) is 22.1 Å². The van der Waals surface area contributed by atoms with Crippen molar-refractivity contribution in [2.24, 2.45) is 5.10 Å². The van der Waals surface area contributed by atoms with Crippen LogP contribution < -0.4 is 10.1 Å². The molecule has 9 heteroatoms. The van der Waals surface area contributed by atoms with Crippen LogP contribution in [0.15, 0.2) is 65.9 Å². The molecule has 0 radical (unpaired) electrons. The van der Waals surface area contributed by atoms with Crippen LogP contribution in [0.25, 0.3) is 0 Å². The zero-order valence-electron chi connectivity index (χ0n) is 18.2. The molecule has 0 saturated carbocycles. The molecule has 1 aliphatic rings. The lowest BCUT2D eigenvalue weighted by Crippen LogP contribution is -2.34. The summed E-state index contributed by atoms with van der Waals surface area (Å²) in [7, 11) is 1.49. The maximum atomic E-state index is 12.7. The number of hydrazone groups is 1. The van der Waals surface area contributed by atoms with Gasteiger partial charge in [-0.1, -0.05) is 30.8 Å². The Morgan fingerprint density at radius 2 is 2.03 bits per heavy atom. The Bertz CT molecular complexity index is 1180. The standard InChI is InChI=1S/C24H24N4O4S/c1-3-21-22(16-8-11-20(32-2)19(29)13-16)27-28(24(31)33-21)14-15-6-9-17(10-7-15)26-23(30)18-5-4-12-25-18/h4-13,21,25,29H,3,14H2,1-2H3,(H,26,30). The molecule has 2 aromatic carbocycles. The molecule has 1 aromatic heterocycles. The number of carbonyl (C=O) groups excluding carboxylic acids is 2. The van der Waals surface area contributed by atoms with E-state index < -0.39 is 0 Å². The lowest BCUT2D eigenvalue weighted by Gasteiger charge is -2.28. The summed E-state index contributed by atoms with van der Waals surface area (Å²) in [5.41, 5.74) is 3.48. The van der Waals surface area contributed by atoms with Crippen LogP contribution in [0.5, 0.6) is 11.5 Å². The molecule has 0 spiro atoms. The van der Waals surface area contributed by atoms with E-state index in [9.17, 15) is 14.7 Å². The number of amides is 2. The first-order valence-corrected chi connectivity index (χ1v) is 11.3. The fourth-order valence-electron chi connectivity index (χ4n) is 3.48. The number of aromatic hydroxyl groups is 1. The number of hydrogen-bond donors (Lipinski definition) is 3. The highest BCUT2D eigenvalue weighted by Gasteiger charge is 2.30. The van der Waals surface area contributed by atoms with E-state index in [1.807, 2.05) is 25.1 Å². The van der Waals surface area contributed by atoms with Crippen molar-refractivity contribution < 1.29 is 19.4 Å². The molecule has 2 amide bonds. The fourth-order valence-corrected chi connectivity index (χ4v) is 4.41. The quantitative estimate of drug-likeness (QED) is 0.464. The Morgan fingerprint density at radius 3 is 2.67 bits per heavy atom. The Labute approximate surface area is 195 Å². The minimum Gasteiger partial charge on any atom is -0.504 e. The topological polar surface area (TPSA) is 107 Å². The molecule has 1 aliphatic heterocycles. The van der Waals surface area contributed by atoms with Gasteiger partial charge in [-0.3, -0.25) is 9.59 Å². The SMILES string of the molecule is CCC1SC(=O)N(Cc2ccc(NC(=O)c3ccc[nH]3)cc2)N=C1c1ccc(OC)c(O)c1. The van der Waals surface area contributed by atoms with Crippen molar-refractivity contribution in [2.75, 3.05) is 12.4 Å². The van der Waals surface area contributed by atoms with Crippen molar-refractivity contribution in [2.45, 2.75) is 25.1 Å². The number of hydrogen-bond acceptors (Lipinski definition) is 6. The van der Waals surface area contributed by atoms with Gasteiger partial charge in [0.25, 0.3) is 5.91 Å². The minimum absolute atomic E-state index is 0.0259. The first-order chi connectivity index (χ1) is 16.0. The van der Waals surface area contributed by atoms with Gasteiger partial charge in [0.15, 0.2) is 11.5 Å². The second-order valence-corrected chi connectivity index (χ2v) is 8.60. The number of thioether (sulfide) groups is 1. The lowest BCUT2D eigenvalue weighted by atomic mass is 10.0. The number of ether oxygens (including phenoxy) is 1. The van der Waals surface area contributed by atoms with Crippen LogP contribution in [0, 0.1) is 0 Å². The van der Waals surface area contributed by atoms with Crippen LogP contribution in [0.4, 0.5) is 10.5 Å². The normalized spacial score (nSPS) is 15.8. The molecule has 3 aromatic rings. The number of nitrogens with zero attached hydrogens (tertiary/aromatic N) is 2. The lowest BCUT2D eigenvalue weighted by molar-refractivity contribution is 0.102. The van der Waals surface area contributed by atoms with Crippen LogP contribution in [-0.4, -0.2) is 44.3 Å². The van der Waals surface area contributed by atoms with Crippen LogP contribution in [-0.2, 0) is 6.54 Å². The molecule has 0 aliphatic carbocycles. The maximum Gasteiger partial charge on any atom is 0.302 e. The number of phenols is 1. The van der Waals surface area contributed by atoms with E-state index in [0.29, 0.717) is 23.7 Å². The number of rotatable bonds is 7. The largest absolute Gasteiger partial charge is 0.504 e. The van der Waals surface area contributed by atoms with Gasteiger partial charge in [-0.2, -0.15) is 5.10 Å². The first kappa shape index (κ1) is 22.5. The van der Waals surface area contributed by atoms with Crippen molar-refractivity contribution in [3.05, 3.63) is 77.6 Å². The van der Waals surface area contributed by atoms with Gasteiger partial charge in [0.2, 0.25) is 0 Å². The summed E-state index contributed by atoms with van der Waals surface area (Å²) >= 11 is 1.23. The number of aromatic nitrogens is 1. The van der Waals surface area contributed by atoms with E-state index in [2.05, 4.69) is 15.4 Å². The average Bonchev–Trinajstić information content (AvgIpc) is 3.36. The number of benzene rings is 2. The Hall–Kier alpha value is -3.72. The summed E-state index contributed by atoms with van der Waals surface area (Å²) in [5.74, 6) is 0.183. The average molecular weight is 465 g/mol. The molecule has 0 saturated heterocycles. The van der Waals surface area contributed by atoms with Gasteiger partial charge in [-0.15, -0.1) is 0 Å². The molecule has 2 heterocycles. The molecule has 3 N–H and O–H groups in total. The molecule has 8 nitrogen and oxygen atoms in total. The molecule has 4 rings (SSSR count). The van der Waals surface area contributed by atoms with E-state index >= 15 is 0 Å². The second kappa shape index (κ2) is 9.83. The zero-order chi connectivity index (χ0) is 23.4. The summed E-state index contributed by atoms with van der Waals surface area (Å²) in [5, 5.41) is 18.8. The summed E-state index contributed by atoms with van der Waals surface area (Å²) in [6.07, 6.45) is 2.42. The Morgan fingerprint density at radius 1 is 1.24 bits per heavy atom. The van der Waals surface area contributed by atoms with Crippen LogP contribution >= 0.6 is 11.8 Å². The summed E-state index contributed by atoms with van der Waals surface area (Å²) in [6.45, 7) is 2.29. The van der Waals surface area contributed by atoms with E-state index in [1.165, 1.54) is 23.9 Å². The van der Waals surface area contributed by atoms with Gasteiger partial charge in [0.05, 0.1) is 24.6 Å². The van der Waals surface area contributed by atoms with Gasteiger partial charge < -0.3 is 20.1 Å². The van der Waals surface area contributed by atoms with Crippen LogP contribution in [0.2, 0.25) is 0 Å². The van der Waals surface area contributed by atoms with Crippen molar-refractivity contribution in [3.8, 4) is 11.5 Å². The second-order valence-electron chi connectivity index (χ2n) is 7.45. The molecule has 1 atom stereocenters. The van der Waals surface area contributed by atoms with Gasteiger partial charge in [-0.25, -0.2) is 5.01 Å². The minimum atomic E-state index is -0.224. The number of carbonyl (C=O) groups is 2.